The van der Waals surface area contributed by atoms with Crippen molar-refractivity contribution in [2.24, 2.45) is 0 Å². The lowest BCUT2D eigenvalue weighted by atomic mass is 10.1. The Morgan fingerprint density at radius 1 is 0.867 bits per heavy atom. The third-order valence-corrected chi connectivity index (χ3v) is 4.36. The molecule has 0 spiro atoms. The summed E-state index contributed by atoms with van der Waals surface area (Å²) in [6.07, 6.45) is 0.207. The third-order valence-electron chi connectivity index (χ3n) is 4.36. The zero-order valence-corrected chi connectivity index (χ0v) is 16.2. The fraction of sp³-hybridized carbons (Fsp3) is 0.0870. The second kappa shape index (κ2) is 9.38. The predicted octanol–water partition coefficient (Wildman–Crippen LogP) is 3.83. The van der Waals surface area contributed by atoms with Crippen LogP contribution in [0, 0.1) is 0 Å². The molecule has 3 rings (SSSR count). The highest BCUT2D eigenvalue weighted by Gasteiger charge is 2.13. The van der Waals surface area contributed by atoms with Crippen LogP contribution in [0.4, 0.5) is 11.4 Å². The molecule has 0 radical (unpaired) electrons. The van der Waals surface area contributed by atoms with Crippen LogP contribution >= 0.6 is 0 Å². The van der Waals surface area contributed by atoms with Crippen LogP contribution in [0.5, 0.6) is 5.75 Å². The van der Waals surface area contributed by atoms with Gasteiger partial charge in [-0.2, -0.15) is 0 Å². The summed E-state index contributed by atoms with van der Waals surface area (Å²) in [6, 6.07) is 19.7. The van der Waals surface area contributed by atoms with Crippen molar-refractivity contribution in [1.82, 2.24) is 0 Å². The van der Waals surface area contributed by atoms with E-state index in [1.807, 2.05) is 12.1 Å². The summed E-state index contributed by atoms with van der Waals surface area (Å²) >= 11 is 0. The average molecular weight is 404 g/mol. The van der Waals surface area contributed by atoms with Crippen molar-refractivity contribution >= 4 is 29.2 Å². The topological polar surface area (TPSA) is 105 Å². The molecule has 0 saturated carbocycles. The maximum atomic E-state index is 12.4. The Kier molecular flexibility index (Phi) is 6.44. The van der Waals surface area contributed by atoms with Gasteiger partial charge in [0.2, 0.25) is 5.91 Å². The fourth-order valence-electron chi connectivity index (χ4n) is 2.81. The molecular weight excluding hydrogens is 384 g/mol. The predicted molar refractivity (Wildman–Crippen MR) is 113 cm³/mol. The zero-order valence-electron chi connectivity index (χ0n) is 16.2. The van der Waals surface area contributed by atoms with E-state index in [4.69, 9.17) is 4.74 Å². The lowest BCUT2D eigenvalue weighted by Gasteiger charge is -2.09. The highest BCUT2D eigenvalue weighted by Crippen LogP contribution is 2.18. The molecule has 3 N–H and O–H groups in total. The summed E-state index contributed by atoms with van der Waals surface area (Å²) in [5.74, 6) is -1.03. The molecule has 0 unspecified atom stereocenters. The Morgan fingerprint density at radius 3 is 2.17 bits per heavy atom. The van der Waals surface area contributed by atoms with Gasteiger partial charge < -0.3 is 20.5 Å². The van der Waals surface area contributed by atoms with E-state index in [0.717, 1.165) is 11.3 Å². The Labute approximate surface area is 173 Å². The van der Waals surface area contributed by atoms with Gasteiger partial charge in [0, 0.05) is 11.3 Å². The standard InChI is InChI=1S/C23H20N2O5/c1-30-18-12-6-15(7-13-18)14-21(26)24-17-10-8-16(9-11-17)22(27)25-20-5-3-2-4-19(20)23(28)29/h2-13H,14H2,1H3,(H,24,26)(H,25,27)(H,28,29). The van der Waals surface area contributed by atoms with Crippen LogP contribution in [0.1, 0.15) is 26.3 Å². The van der Waals surface area contributed by atoms with Gasteiger partial charge in [-0.3, -0.25) is 9.59 Å². The number of hydrogen-bond acceptors (Lipinski definition) is 4. The van der Waals surface area contributed by atoms with Crippen molar-refractivity contribution < 1.29 is 24.2 Å². The molecule has 7 heteroatoms. The molecule has 2 amide bonds. The molecule has 0 bridgehead atoms. The van der Waals surface area contributed by atoms with E-state index >= 15 is 0 Å². The van der Waals surface area contributed by atoms with Gasteiger partial charge in [0.1, 0.15) is 5.75 Å². The van der Waals surface area contributed by atoms with Gasteiger partial charge in [-0.25, -0.2) is 4.79 Å². The molecule has 0 aliphatic heterocycles. The van der Waals surface area contributed by atoms with E-state index < -0.39 is 11.9 Å². The molecule has 0 aliphatic rings. The van der Waals surface area contributed by atoms with Crippen LogP contribution in [0.2, 0.25) is 0 Å². The van der Waals surface area contributed by atoms with E-state index in [9.17, 15) is 19.5 Å². The second-order valence-corrected chi connectivity index (χ2v) is 6.46. The molecule has 7 nitrogen and oxygen atoms in total. The van der Waals surface area contributed by atoms with E-state index in [-0.39, 0.29) is 23.6 Å². The lowest BCUT2D eigenvalue weighted by molar-refractivity contribution is -0.115. The number of nitrogens with one attached hydrogen (secondary N) is 2. The number of rotatable bonds is 7. The number of para-hydroxylation sites is 1. The molecule has 0 atom stereocenters. The molecule has 3 aromatic rings. The summed E-state index contributed by atoms with van der Waals surface area (Å²) in [4.78, 5) is 35.9. The second-order valence-electron chi connectivity index (χ2n) is 6.46. The summed E-state index contributed by atoms with van der Waals surface area (Å²) in [5.41, 5.74) is 1.96. The highest BCUT2D eigenvalue weighted by molar-refractivity contribution is 6.08. The molecule has 0 heterocycles. The van der Waals surface area contributed by atoms with E-state index in [2.05, 4.69) is 10.6 Å². The Bertz CT molecular complexity index is 1060. The number of benzene rings is 3. The van der Waals surface area contributed by atoms with Gasteiger partial charge in [0.05, 0.1) is 24.8 Å². The van der Waals surface area contributed by atoms with Crippen LogP contribution in [0.15, 0.2) is 72.8 Å². The molecule has 152 valence electrons. The molecule has 3 aromatic carbocycles. The molecule has 0 fully saturated rings. The van der Waals surface area contributed by atoms with Gasteiger partial charge in [0.15, 0.2) is 0 Å². The number of carbonyl (C=O) groups is 3. The maximum Gasteiger partial charge on any atom is 0.337 e. The summed E-state index contributed by atoms with van der Waals surface area (Å²) in [5, 5.41) is 14.6. The van der Waals surface area contributed by atoms with Crippen molar-refractivity contribution in [1.29, 1.82) is 0 Å². The smallest absolute Gasteiger partial charge is 0.337 e. The largest absolute Gasteiger partial charge is 0.497 e. The quantitative estimate of drug-likeness (QED) is 0.555. The first-order chi connectivity index (χ1) is 14.5. The van der Waals surface area contributed by atoms with E-state index in [1.165, 1.54) is 12.1 Å². The van der Waals surface area contributed by atoms with E-state index in [1.54, 1.807) is 55.6 Å². The van der Waals surface area contributed by atoms with Crippen LogP contribution in [0.25, 0.3) is 0 Å². The number of carboxylic acid groups (broad SMARTS) is 1. The number of aromatic carboxylic acids is 1. The Morgan fingerprint density at radius 2 is 1.53 bits per heavy atom. The van der Waals surface area contributed by atoms with Crippen LogP contribution < -0.4 is 15.4 Å². The van der Waals surface area contributed by atoms with Gasteiger partial charge in [-0.15, -0.1) is 0 Å². The first-order valence-corrected chi connectivity index (χ1v) is 9.13. The van der Waals surface area contributed by atoms with Crippen molar-refractivity contribution in [2.45, 2.75) is 6.42 Å². The fourth-order valence-corrected chi connectivity index (χ4v) is 2.81. The van der Waals surface area contributed by atoms with E-state index in [0.29, 0.717) is 11.3 Å². The number of ether oxygens (including phenoxy) is 1. The number of anilines is 2. The SMILES string of the molecule is COc1ccc(CC(=O)Nc2ccc(C(=O)Nc3ccccc3C(=O)O)cc2)cc1. The number of carboxylic acids is 1. The summed E-state index contributed by atoms with van der Waals surface area (Å²) in [7, 11) is 1.58. The van der Waals surface area contributed by atoms with Gasteiger partial charge >= 0.3 is 5.97 Å². The van der Waals surface area contributed by atoms with Gasteiger partial charge in [-0.1, -0.05) is 24.3 Å². The minimum absolute atomic E-state index is 0.00765. The van der Waals surface area contributed by atoms with Gasteiger partial charge in [-0.05, 0) is 54.1 Å². The number of methoxy groups -OCH3 is 1. The van der Waals surface area contributed by atoms with Crippen molar-refractivity contribution in [3.63, 3.8) is 0 Å². The molecular formula is C23H20N2O5. The van der Waals surface area contributed by atoms with Crippen molar-refractivity contribution in [2.75, 3.05) is 17.7 Å². The minimum atomic E-state index is -1.12. The maximum absolute atomic E-state index is 12.4. The highest BCUT2D eigenvalue weighted by atomic mass is 16.5. The molecule has 0 aliphatic carbocycles. The monoisotopic (exact) mass is 404 g/mol. The summed E-state index contributed by atoms with van der Waals surface area (Å²) < 4.78 is 5.09. The van der Waals surface area contributed by atoms with Crippen molar-refractivity contribution in [3.05, 3.63) is 89.5 Å². The average Bonchev–Trinajstić information content (AvgIpc) is 2.75. The Balaban J connectivity index is 1.61. The zero-order chi connectivity index (χ0) is 21.5. The van der Waals surface area contributed by atoms with Crippen LogP contribution in [-0.4, -0.2) is 30.0 Å². The third kappa shape index (κ3) is 5.23. The number of amides is 2. The summed E-state index contributed by atoms with van der Waals surface area (Å²) in [6.45, 7) is 0. The lowest BCUT2D eigenvalue weighted by Crippen LogP contribution is -2.16. The Hall–Kier alpha value is -4.13. The molecule has 0 saturated heterocycles. The number of carbonyl (C=O) groups excluding carboxylic acids is 2. The van der Waals surface area contributed by atoms with Crippen LogP contribution in [-0.2, 0) is 11.2 Å². The van der Waals surface area contributed by atoms with Gasteiger partial charge in [0.25, 0.3) is 5.91 Å². The molecule has 30 heavy (non-hydrogen) atoms. The first-order valence-electron chi connectivity index (χ1n) is 9.13. The molecule has 0 aromatic heterocycles. The normalized spacial score (nSPS) is 10.2. The van der Waals surface area contributed by atoms with Crippen molar-refractivity contribution in [3.8, 4) is 5.75 Å². The van der Waals surface area contributed by atoms with Crippen LogP contribution in [0.3, 0.4) is 0 Å². The number of hydrogen-bond donors (Lipinski definition) is 3. The first kappa shape index (κ1) is 20.6. The minimum Gasteiger partial charge on any atom is -0.497 e.